The van der Waals surface area contributed by atoms with Crippen LogP contribution in [-0.4, -0.2) is 49.2 Å². The molecule has 2 aliphatic rings. The molecule has 6 heteroatoms. The summed E-state index contributed by atoms with van der Waals surface area (Å²) in [5, 5.41) is 42.6. The number of hydrogen-bond donors (Lipinski definition) is 5. The van der Waals surface area contributed by atoms with Crippen molar-refractivity contribution < 1.29 is 25.2 Å². The number of fused-ring (bicyclic) bond motifs is 1. The number of aliphatic carboxylic acids is 1. The summed E-state index contributed by atoms with van der Waals surface area (Å²) < 4.78 is 0. The molecule has 0 aliphatic heterocycles. The third kappa shape index (κ3) is 9.11. The van der Waals surface area contributed by atoms with E-state index in [1.54, 1.807) is 0 Å². The Morgan fingerprint density at radius 3 is 2.30 bits per heavy atom. The van der Waals surface area contributed by atoms with Gasteiger partial charge < -0.3 is 25.4 Å². The molecule has 3 rings (SSSR count). The maximum Gasteiger partial charge on any atom is 0.309 e. The van der Waals surface area contributed by atoms with Gasteiger partial charge in [-0.2, -0.15) is 0 Å². The van der Waals surface area contributed by atoms with Gasteiger partial charge in [-0.1, -0.05) is 64.7 Å². The van der Waals surface area contributed by atoms with Gasteiger partial charge in [0, 0.05) is 12.4 Å². The number of aromatic nitrogens is 1. The molecule has 0 radical (unpaired) electrons. The monoisotopic (exact) mass is 519 g/mol. The molecule has 212 valence electrons. The van der Waals surface area contributed by atoms with Crippen molar-refractivity contribution >= 4 is 5.97 Å². The number of rotatable bonds is 18. The summed E-state index contributed by atoms with van der Waals surface area (Å²) in [5.74, 6) is -1.15. The maximum absolute atomic E-state index is 12.0. The van der Waals surface area contributed by atoms with Crippen molar-refractivity contribution in [1.82, 2.24) is 4.98 Å². The van der Waals surface area contributed by atoms with Crippen molar-refractivity contribution in [2.24, 2.45) is 23.7 Å². The van der Waals surface area contributed by atoms with Crippen molar-refractivity contribution in [3.05, 3.63) is 24.0 Å². The smallest absolute Gasteiger partial charge is 0.309 e. The molecular weight excluding hydrogens is 466 g/mol. The van der Waals surface area contributed by atoms with E-state index < -0.39 is 23.6 Å². The second kappa shape index (κ2) is 15.3. The summed E-state index contributed by atoms with van der Waals surface area (Å²) in [6.07, 6.45) is 19.7. The molecule has 1 aromatic rings. The zero-order valence-corrected chi connectivity index (χ0v) is 23.1. The highest BCUT2D eigenvalue weighted by Gasteiger charge is 2.52. The highest BCUT2D eigenvalue weighted by atomic mass is 16.4. The normalized spacial score (nSPS) is 28.1. The van der Waals surface area contributed by atoms with Gasteiger partial charge in [-0.3, -0.25) is 4.79 Å². The number of carbonyl (C=O) groups is 1. The van der Waals surface area contributed by atoms with Gasteiger partial charge >= 0.3 is 5.97 Å². The Morgan fingerprint density at radius 1 is 1.00 bits per heavy atom. The van der Waals surface area contributed by atoms with E-state index in [0.717, 1.165) is 77.0 Å². The topological polar surface area (TPSA) is 114 Å². The molecular formula is C31H53NO5. The van der Waals surface area contributed by atoms with Gasteiger partial charge in [0.15, 0.2) is 0 Å². The van der Waals surface area contributed by atoms with Crippen LogP contribution >= 0.6 is 0 Å². The largest absolute Gasteiger partial charge is 0.481 e. The fourth-order valence-corrected chi connectivity index (χ4v) is 7.29. The van der Waals surface area contributed by atoms with E-state index in [4.69, 9.17) is 0 Å². The molecule has 2 fully saturated rings. The first-order chi connectivity index (χ1) is 17.8. The number of aliphatic hydroxyl groups is 3. The van der Waals surface area contributed by atoms with E-state index >= 15 is 0 Å². The van der Waals surface area contributed by atoms with Crippen LogP contribution in [0.5, 0.6) is 0 Å². The minimum atomic E-state index is -0.920. The maximum atomic E-state index is 12.0. The second-order valence-corrected chi connectivity index (χ2v) is 12.3. The molecule has 0 bridgehead atoms. The summed E-state index contributed by atoms with van der Waals surface area (Å²) in [6, 6.07) is 2.10. The Kier molecular flexibility index (Phi) is 12.5. The zero-order valence-electron chi connectivity index (χ0n) is 23.1. The van der Waals surface area contributed by atoms with Crippen LogP contribution < -0.4 is 0 Å². The van der Waals surface area contributed by atoms with Gasteiger partial charge in [-0.05, 0) is 87.2 Å². The Labute approximate surface area is 224 Å². The minimum absolute atomic E-state index is 0.152. The number of hydrogen-bond acceptors (Lipinski definition) is 4. The molecule has 1 aromatic heterocycles. The number of unbranched alkanes of at least 4 members (excludes halogenated alkanes) is 7. The number of H-pyrrole nitrogens is 1. The summed E-state index contributed by atoms with van der Waals surface area (Å²) in [5.41, 5.74) is 0.504. The third-order valence-electron chi connectivity index (χ3n) is 9.49. The molecule has 0 spiro atoms. The average molecular weight is 520 g/mol. The van der Waals surface area contributed by atoms with E-state index in [1.165, 1.54) is 31.2 Å². The Balaban J connectivity index is 1.36. The third-order valence-corrected chi connectivity index (χ3v) is 9.49. The van der Waals surface area contributed by atoms with E-state index in [-0.39, 0.29) is 17.9 Å². The van der Waals surface area contributed by atoms with Crippen LogP contribution in [0, 0.1) is 23.7 Å². The van der Waals surface area contributed by atoms with Crippen LogP contribution in [0.3, 0.4) is 0 Å². The number of aromatic amines is 1. The minimum Gasteiger partial charge on any atom is -0.481 e. The molecule has 37 heavy (non-hydrogen) atoms. The van der Waals surface area contributed by atoms with Crippen molar-refractivity contribution in [2.75, 3.05) is 0 Å². The first kappa shape index (κ1) is 30.2. The van der Waals surface area contributed by atoms with E-state index in [2.05, 4.69) is 18.0 Å². The molecule has 7 atom stereocenters. The van der Waals surface area contributed by atoms with Crippen molar-refractivity contribution in [3.63, 3.8) is 0 Å². The molecule has 0 saturated heterocycles. The van der Waals surface area contributed by atoms with Crippen LogP contribution in [-0.2, 0) is 11.2 Å². The van der Waals surface area contributed by atoms with Crippen LogP contribution in [0.4, 0.5) is 0 Å². The SMILES string of the molecule is CCCCCCCC(O)CCCCCCC(C(=O)O)C(O)C1CCC2C(Cc3cc[nH]c3)CCC2(O)C1. The molecule has 6 nitrogen and oxygen atoms in total. The van der Waals surface area contributed by atoms with Gasteiger partial charge in [0.05, 0.1) is 23.7 Å². The van der Waals surface area contributed by atoms with Gasteiger partial charge in [0.1, 0.15) is 0 Å². The van der Waals surface area contributed by atoms with Gasteiger partial charge in [-0.15, -0.1) is 0 Å². The lowest BCUT2D eigenvalue weighted by molar-refractivity contribution is -0.151. The summed E-state index contributed by atoms with van der Waals surface area (Å²) in [4.78, 5) is 15.2. The summed E-state index contributed by atoms with van der Waals surface area (Å²) in [7, 11) is 0. The molecule has 1 heterocycles. The van der Waals surface area contributed by atoms with Crippen LogP contribution in [0.2, 0.25) is 0 Å². The number of aliphatic hydroxyl groups excluding tert-OH is 2. The molecule has 7 unspecified atom stereocenters. The van der Waals surface area contributed by atoms with Gasteiger partial charge in [0.25, 0.3) is 0 Å². The van der Waals surface area contributed by atoms with Gasteiger partial charge in [0.2, 0.25) is 0 Å². The van der Waals surface area contributed by atoms with E-state index in [9.17, 15) is 25.2 Å². The lowest BCUT2D eigenvalue weighted by atomic mass is 9.66. The first-order valence-electron chi connectivity index (χ1n) is 15.3. The van der Waals surface area contributed by atoms with Crippen molar-refractivity contribution in [1.29, 1.82) is 0 Å². The zero-order chi connectivity index (χ0) is 26.7. The fraction of sp³-hybridized carbons (Fsp3) is 0.839. The second-order valence-electron chi connectivity index (χ2n) is 12.3. The Hall–Kier alpha value is -1.37. The molecule has 0 aromatic carbocycles. The van der Waals surface area contributed by atoms with Crippen LogP contribution in [0.1, 0.15) is 122 Å². The predicted molar refractivity (Wildman–Crippen MR) is 147 cm³/mol. The highest BCUT2D eigenvalue weighted by Crippen LogP contribution is 2.52. The average Bonchev–Trinajstić information content (AvgIpc) is 3.50. The lowest BCUT2D eigenvalue weighted by Crippen LogP contribution is -2.46. The first-order valence-corrected chi connectivity index (χ1v) is 15.3. The molecule has 2 aliphatic carbocycles. The van der Waals surface area contributed by atoms with Crippen molar-refractivity contribution in [2.45, 2.75) is 140 Å². The predicted octanol–water partition coefficient (Wildman–Crippen LogP) is 6.24. The summed E-state index contributed by atoms with van der Waals surface area (Å²) >= 11 is 0. The number of nitrogens with one attached hydrogen (secondary N) is 1. The molecule has 5 N–H and O–H groups in total. The van der Waals surface area contributed by atoms with Gasteiger partial charge in [-0.25, -0.2) is 0 Å². The van der Waals surface area contributed by atoms with E-state index in [1.807, 2.05) is 12.4 Å². The quantitative estimate of drug-likeness (QED) is 0.147. The standard InChI is InChI=1S/C31H53NO5/c1-2-3-4-5-8-11-26(33)12-9-6-7-10-13-27(30(35)36)29(34)25-14-15-28-24(16-18-31(28,37)21-25)20-23-17-19-32-22-23/h17,19,22,24-29,32-34,37H,2-16,18,20-21H2,1H3,(H,35,36). The van der Waals surface area contributed by atoms with Crippen LogP contribution in [0.25, 0.3) is 0 Å². The fourth-order valence-electron chi connectivity index (χ4n) is 7.29. The van der Waals surface area contributed by atoms with E-state index in [0.29, 0.717) is 18.8 Å². The summed E-state index contributed by atoms with van der Waals surface area (Å²) in [6.45, 7) is 2.21. The lowest BCUT2D eigenvalue weighted by Gasteiger charge is -2.43. The Morgan fingerprint density at radius 2 is 1.68 bits per heavy atom. The molecule has 2 saturated carbocycles. The highest BCUT2D eigenvalue weighted by molar-refractivity contribution is 5.70. The van der Waals surface area contributed by atoms with Crippen molar-refractivity contribution in [3.8, 4) is 0 Å². The van der Waals surface area contributed by atoms with Crippen LogP contribution in [0.15, 0.2) is 18.5 Å². The Bertz CT molecular complexity index is 768. The number of carboxylic acids is 1. The number of carboxylic acid groups (broad SMARTS) is 1. The molecule has 0 amide bonds.